The molecule has 0 unspecified atom stereocenters. The number of amides is 1. The number of ketones is 1. The van der Waals surface area contributed by atoms with Gasteiger partial charge in [0.05, 0.1) is 5.92 Å². The van der Waals surface area contributed by atoms with Crippen LogP contribution in [0.4, 0.5) is 0 Å². The lowest BCUT2D eigenvalue weighted by Crippen LogP contribution is -2.31. The number of rotatable bonds is 2. The molecule has 3 heteroatoms. The number of fused-ring (bicyclic) bond motifs is 1. The van der Waals surface area contributed by atoms with E-state index >= 15 is 0 Å². The van der Waals surface area contributed by atoms with Crippen LogP contribution in [0, 0.1) is 5.92 Å². The van der Waals surface area contributed by atoms with Gasteiger partial charge in [-0.3, -0.25) is 9.59 Å². The molecule has 3 nitrogen and oxygen atoms in total. The van der Waals surface area contributed by atoms with Crippen molar-refractivity contribution in [2.24, 2.45) is 5.92 Å². The number of hydrogen-bond donors (Lipinski definition) is 0. The highest BCUT2D eigenvalue weighted by molar-refractivity contribution is 6.02. The highest BCUT2D eigenvalue weighted by Gasteiger charge is 2.45. The van der Waals surface area contributed by atoms with Crippen molar-refractivity contribution in [1.82, 2.24) is 4.90 Å². The molecular weight excluding hydrogens is 214 g/mol. The van der Waals surface area contributed by atoms with Gasteiger partial charge >= 0.3 is 0 Å². The molecule has 2 atom stereocenters. The zero-order chi connectivity index (χ0) is 11.8. The van der Waals surface area contributed by atoms with Gasteiger partial charge in [0.25, 0.3) is 0 Å². The van der Waals surface area contributed by atoms with Gasteiger partial charge in [0.15, 0.2) is 5.78 Å². The van der Waals surface area contributed by atoms with Crippen LogP contribution in [0.2, 0.25) is 0 Å². The van der Waals surface area contributed by atoms with Crippen molar-refractivity contribution in [3.05, 3.63) is 35.9 Å². The maximum atomic E-state index is 12.4. The van der Waals surface area contributed by atoms with Crippen LogP contribution < -0.4 is 0 Å². The van der Waals surface area contributed by atoms with E-state index in [1.165, 1.54) is 0 Å². The number of carbonyl (C=O) groups excluding carboxylic acids is 2. The predicted molar refractivity (Wildman–Crippen MR) is 63.6 cm³/mol. The van der Waals surface area contributed by atoms with Gasteiger partial charge in [-0.05, 0) is 12.8 Å². The van der Waals surface area contributed by atoms with Crippen molar-refractivity contribution in [2.75, 3.05) is 6.54 Å². The fourth-order valence-electron chi connectivity index (χ4n) is 3.05. The van der Waals surface area contributed by atoms with Gasteiger partial charge in [0, 0.05) is 24.6 Å². The molecule has 88 valence electrons. The first kappa shape index (κ1) is 10.5. The topological polar surface area (TPSA) is 37.4 Å². The molecule has 0 N–H and O–H groups in total. The molecule has 2 aliphatic heterocycles. The Kier molecular flexibility index (Phi) is 2.46. The summed E-state index contributed by atoms with van der Waals surface area (Å²) in [6.07, 6.45) is 2.42. The number of nitrogens with zero attached hydrogens (tertiary/aromatic N) is 1. The van der Waals surface area contributed by atoms with Crippen molar-refractivity contribution in [3.63, 3.8) is 0 Å². The molecule has 1 amide bonds. The Balaban J connectivity index is 1.86. The minimum atomic E-state index is -0.118. The zero-order valence-corrected chi connectivity index (χ0v) is 9.63. The molecule has 2 saturated heterocycles. The molecule has 0 bridgehead atoms. The van der Waals surface area contributed by atoms with Gasteiger partial charge in [-0.1, -0.05) is 30.3 Å². The van der Waals surface area contributed by atoms with Gasteiger partial charge < -0.3 is 4.90 Å². The molecule has 2 heterocycles. The van der Waals surface area contributed by atoms with Crippen LogP contribution >= 0.6 is 0 Å². The largest absolute Gasteiger partial charge is 0.339 e. The Bertz CT molecular complexity index is 455. The summed E-state index contributed by atoms with van der Waals surface area (Å²) in [4.78, 5) is 26.0. The standard InChI is InChI=1S/C14H15NO2/c16-13-9-11(12-7-4-8-15(12)13)14(17)10-5-2-1-3-6-10/h1-3,5-6,11-12H,4,7-9H2/t11-,12-/m1/s1. The molecule has 17 heavy (non-hydrogen) atoms. The SMILES string of the molecule is O=C(c1ccccc1)[C@@H]1CC(=O)N2CCC[C@H]12. The average Bonchev–Trinajstić information content (AvgIpc) is 2.94. The van der Waals surface area contributed by atoms with Gasteiger partial charge in [0.1, 0.15) is 0 Å². The third-order valence-corrected chi connectivity index (χ3v) is 3.87. The smallest absolute Gasteiger partial charge is 0.223 e. The summed E-state index contributed by atoms with van der Waals surface area (Å²) < 4.78 is 0. The summed E-state index contributed by atoms with van der Waals surface area (Å²) in [5, 5.41) is 0. The third kappa shape index (κ3) is 1.66. The van der Waals surface area contributed by atoms with Crippen LogP contribution in [-0.4, -0.2) is 29.2 Å². The highest BCUT2D eigenvalue weighted by atomic mass is 16.2. The van der Waals surface area contributed by atoms with E-state index < -0.39 is 0 Å². The van der Waals surface area contributed by atoms with Crippen LogP contribution in [0.5, 0.6) is 0 Å². The maximum absolute atomic E-state index is 12.4. The van der Waals surface area contributed by atoms with Crippen molar-refractivity contribution >= 4 is 11.7 Å². The fraction of sp³-hybridized carbons (Fsp3) is 0.429. The first-order valence-corrected chi connectivity index (χ1v) is 6.16. The maximum Gasteiger partial charge on any atom is 0.223 e. The number of hydrogen-bond acceptors (Lipinski definition) is 2. The van der Waals surface area contributed by atoms with Crippen LogP contribution in [0.1, 0.15) is 29.6 Å². The monoisotopic (exact) mass is 229 g/mol. The van der Waals surface area contributed by atoms with Crippen LogP contribution in [0.3, 0.4) is 0 Å². The summed E-state index contributed by atoms with van der Waals surface area (Å²) in [7, 11) is 0. The molecular formula is C14H15NO2. The van der Waals surface area contributed by atoms with Crippen LogP contribution in [0.15, 0.2) is 30.3 Å². The van der Waals surface area contributed by atoms with Crippen molar-refractivity contribution < 1.29 is 9.59 Å². The van der Waals surface area contributed by atoms with Crippen LogP contribution in [0.25, 0.3) is 0 Å². The zero-order valence-electron chi connectivity index (χ0n) is 9.63. The molecule has 1 aromatic rings. The van der Waals surface area contributed by atoms with E-state index in [2.05, 4.69) is 0 Å². The Morgan fingerprint density at radius 2 is 2.00 bits per heavy atom. The molecule has 3 rings (SSSR count). The molecule has 1 aromatic carbocycles. The Hall–Kier alpha value is -1.64. The van der Waals surface area contributed by atoms with E-state index in [-0.39, 0.29) is 23.7 Å². The van der Waals surface area contributed by atoms with E-state index in [0.29, 0.717) is 6.42 Å². The van der Waals surface area contributed by atoms with Gasteiger partial charge in [-0.15, -0.1) is 0 Å². The third-order valence-electron chi connectivity index (χ3n) is 3.87. The van der Waals surface area contributed by atoms with Gasteiger partial charge in [-0.25, -0.2) is 0 Å². The normalized spacial score (nSPS) is 27.3. The fourth-order valence-corrected chi connectivity index (χ4v) is 3.05. The molecule has 2 aliphatic rings. The molecule has 0 saturated carbocycles. The second-order valence-corrected chi connectivity index (χ2v) is 4.84. The summed E-state index contributed by atoms with van der Waals surface area (Å²) >= 11 is 0. The number of Topliss-reactive ketones (excluding diaryl/α,β-unsaturated/α-hetero) is 1. The summed E-state index contributed by atoms with van der Waals surface area (Å²) in [5.74, 6) is 0.169. The molecule has 0 aliphatic carbocycles. The minimum Gasteiger partial charge on any atom is -0.339 e. The lowest BCUT2D eigenvalue weighted by molar-refractivity contribution is -0.127. The first-order valence-electron chi connectivity index (χ1n) is 6.16. The quantitative estimate of drug-likeness (QED) is 0.726. The molecule has 0 aromatic heterocycles. The molecule has 0 radical (unpaired) electrons. The number of carbonyl (C=O) groups is 2. The Labute approximate surface area is 100 Å². The summed E-state index contributed by atoms with van der Waals surface area (Å²) in [6.45, 7) is 0.835. The van der Waals surface area contributed by atoms with Gasteiger partial charge in [-0.2, -0.15) is 0 Å². The molecule has 0 spiro atoms. The minimum absolute atomic E-state index is 0.118. The van der Waals surface area contributed by atoms with E-state index in [1.54, 1.807) is 0 Å². The van der Waals surface area contributed by atoms with Gasteiger partial charge in [0.2, 0.25) is 5.91 Å². The van der Waals surface area contributed by atoms with Crippen molar-refractivity contribution in [2.45, 2.75) is 25.3 Å². The average molecular weight is 229 g/mol. The Morgan fingerprint density at radius 3 is 2.76 bits per heavy atom. The lowest BCUT2D eigenvalue weighted by atomic mass is 9.90. The highest BCUT2D eigenvalue weighted by Crippen LogP contribution is 2.35. The summed E-state index contributed by atoms with van der Waals surface area (Å²) in [5.41, 5.74) is 0.735. The first-order chi connectivity index (χ1) is 8.27. The second-order valence-electron chi connectivity index (χ2n) is 4.84. The Morgan fingerprint density at radius 1 is 1.24 bits per heavy atom. The predicted octanol–water partition coefficient (Wildman–Crippen LogP) is 1.88. The van der Waals surface area contributed by atoms with Crippen LogP contribution in [-0.2, 0) is 4.79 Å². The lowest BCUT2D eigenvalue weighted by Gasteiger charge is -2.19. The van der Waals surface area contributed by atoms with E-state index in [4.69, 9.17) is 0 Å². The molecule has 2 fully saturated rings. The number of benzene rings is 1. The van der Waals surface area contributed by atoms with Crippen molar-refractivity contribution in [1.29, 1.82) is 0 Å². The van der Waals surface area contributed by atoms with E-state index in [0.717, 1.165) is 24.9 Å². The summed E-state index contributed by atoms with van der Waals surface area (Å²) in [6, 6.07) is 9.48. The van der Waals surface area contributed by atoms with Crippen molar-refractivity contribution in [3.8, 4) is 0 Å². The van der Waals surface area contributed by atoms with E-state index in [9.17, 15) is 9.59 Å². The second kappa shape index (κ2) is 3.99. The van der Waals surface area contributed by atoms with E-state index in [1.807, 2.05) is 35.2 Å².